The van der Waals surface area contributed by atoms with Crippen molar-refractivity contribution < 1.29 is 38.8 Å². The van der Waals surface area contributed by atoms with Gasteiger partial charge in [-0.1, -0.05) is 161 Å². The smallest absolute Gasteiger partial charge is 0.501 e. The third-order valence-corrected chi connectivity index (χ3v) is 17.1. The summed E-state index contributed by atoms with van der Waals surface area (Å²) in [4.78, 5) is 13.7. The van der Waals surface area contributed by atoms with E-state index in [0.717, 1.165) is 83.7 Å². The molecular formula is C69H62F2IrN3OSi. The molecule has 4 heterocycles. The Labute approximate surface area is 471 Å². The molecule has 0 radical (unpaired) electrons. The van der Waals surface area contributed by atoms with E-state index in [0.29, 0.717) is 35.2 Å². The number of halogens is 2. The minimum Gasteiger partial charge on any atom is -0.501 e. The second kappa shape index (κ2) is 21.1. The molecule has 0 N–H and O–H groups in total. The van der Waals surface area contributed by atoms with Crippen LogP contribution in [0.1, 0.15) is 88.4 Å². The SMILES string of the molecule is CC(C)(C)c1ccc(-c2[c-]cc(F)cc2)nc1.C[Si](C)(C)c1cnc2c3[c-]cc(F)cc3c3ccccc3c2c1.[2H]C([2H])([2H])c1cnc(-c2[c-]ccc3c2oc2cc4c(ccc5ccccc54)cc23)cc1C1([2H])CCC(C)(C)CC1.[Ir+3]. The van der Waals surface area contributed by atoms with Gasteiger partial charge in [0.15, 0.2) is 0 Å². The van der Waals surface area contributed by atoms with E-state index in [2.05, 4.69) is 143 Å². The fourth-order valence-electron chi connectivity index (χ4n) is 10.5. The average molecular weight is 1210 g/mol. The molecule has 4 aromatic heterocycles. The van der Waals surface area contributed by atoms with Gasteiger partial charge in [0, 0.05) is 41.1 Å². The van der Waals surface area contributed by atoms with Gasteiger partial charge < -0.3 is 19.4 Å². The quantitative estimate of drug-likeness (QED) is 0.100. The summed E-state index contributed by atoms with van der Waals surface area (Å²) in [5, 5.41) is 13.0. The maximum atomic E-state index is 13.7. The maximum Gasteiger partial charge on any atom is 3.00 e. The van der Waals surface area contributed by atoms with E-state index in [1.807, 2.05) is 60.9 Å². The molecule has 13 rings (SSSR count). The molecule has 0 saturated heterocycles. The number of hydrogen-bond donors (Lipinski definition) is 0. The molecule has 386 valence electrons. The van der Waals surface area contributed by atoms with E-state index in [9.17, 15) is 10.2 Å². The number of furan rings is 1. The Bertz CT molecular complexity index is 4310. The molecule has 8 heteroatoms. The van der Waals surface area contributed by atoms with Crippen molar-refractivity contribution in [2.24, 2.45) is 5.41 Å². The van der Waals surface area contributed by atoms with Crippen molar-refractivity contribution in [1.29, 1.82) is 0 Å². The topological polar surface area (TPSA) is 51.8 Å². The van der Waals surface area contributed by atoms with E-state index < -0.39 is 20.8 Å². The van der Waals surface area contributed by atoms with Crippen molar-refractivity contribution in [3.8, 4) is 22.5 Å². The Morgan fingerprint density at radius 3 is 2.06 bits per heavy atom. The first-order valence-corrected chi connectivity index (χ1v) is 29.6. The zero-order valence-electron chi connectivity index (χ0n) is 48.7. The number of benzene rings is 8. The zero-order valence-corrected chi connectivity index (χ0v) is 48.1. The summed E-state index contributed by atoms with van der Waals surface area (Å²) >= 11 is 0. The number of aromatic nitrogens is 3. The van der Waals surface area contributed by atoms with Gasteiger partial charge in [-0.2, -0.15) is 0 Å². The third-order valence-electron chi connectivity index (χ3n) is 15.1. The molecule has 0 atom stereocenters. The Balaban J connectivity index is 0.000000151. The first-order chi connectivity index (χ1) is 37.9. The van der Waals surface area contributed by atoms with E-state index >= 15 is 0 Å². The monoisotopic (exact) mass is 1210 g/mol. The average Bonchev–Trinajstić information content (AvgIpc) is 3.96. The Hall–Kier alpha value is -6.96. The van der Waals surface area contributed by atoms with Crippen LogP contribution in [0.5, 0.6) is 0 Å². The minimum absolute atomic E-state index is 0. The molecule has 0 aliphatic heterocycles. The normalized spacial score (nSPS) is 15.2. The predicted molar refractivity (Wildman–Crippen MR) is 316 cm³/mol. The Morgan fingerprint density at radius 1 is 0.649 bits per heavy atom. The molecule has 0 amide bonds. The Kier molecular flexibility index (Phi) is 13.3. The second-order valence-corrected chi connectivity index (χ2v) is 28.1. The summed E-state index contributed by atoms with van der Waals surface area (Å²) in [6, 6.07) is 53.7. The van der Waals surface area contributed by atoms with Crippen molar-refractivity contribution >= 4 is 89.2 Å². The number of nitrogens with zero attached hydrogens (tertiary/aromatic N) is 3. The summed E-state index contributed by atoms with van der Waals surface area (Å²) in [5.41, 5.74) is 7.40. The van der Waals surface area contributed by atoms with Crippen LogP contribution in [0.4, 0.5) is 8.78 Å². The van der Waals surface area contributed by atoms with E-state index in [4.69, 9.17) is 13.5 Å². The number of fused-ring (bicyclic) bond motifs is 12. The second-order valence-electron chi connectivity index (χ2n) is 23.1. The van der Waals surface area contributed by atoms with Crippen LogP contribution < -0.4 is 5.19 Å². The fraction of sp³-hybridized carbons (Fsp3) is 0.232. The van der Waals surface area contributed by atoms with Gasteiger partial charge in [0.1, 0.15) is 5.58 Å². The summed E-state index contributed by atoms with van der Waals surface area (Å²) in [5.74, 6) is -1.52. The van der Waals surface area contributed by atoms with Crippen molar-refractivity contribution in [3.63, 3.8) is 0 Å². The van der Waals surface area contributed by atoms with E-state index in [-0.39, 0.29) is 48.1 Å². The third kappa shape index (κ3) is 10.9. The number of rotatable bonds is 4. The zero-order chi connectivity index (χ0) is 56.5. The predicted octanol–water partition coefficient (Wildman–Crippen LogP) is 18.8. The first-order valence-electron chi connectivity index (χ1n) is 28.1. The summed E-state index contributed by atoms with van der Waals surface area (Å²) in [6.45, 7) is 15.5. The van der Waals surface area contributed by atoms with Gasteiger partial charge in [0.25, 0.3) is 0 Å². The van der Waals surface area contributed by atoms with E-state index in [1.165, 1.54) is 45.9 Å². The molecule has 4 nitrogen and oxygen atoms in total. The molecular weight excluding hydrogens is 1150 g/mol. The molecule has 8 aromatic carbocycles. The van der Waals surface area contributed by atoms with Crippen LogP contribution >= 0.6 is 0 Å². The molecule has 77 heavy (non-hydrogen) atoms. The van der Waals surface area contributed by atoms with Crippen molar-refractivity contribution in [2.45, 2.75) is 98.1 Å². The van der Waals surface area contributed by atoms with Crippen LogP contribution in [-0.4, -0.2) is 23.0 Å². The summed E-state index contributed by atoms with van der Waals surface area (Å²) in [7, 11) is -1.45. The molecule has 1 aliphatic rings. The summed E-state index contributed by atoms with van der Waals surface area (Å²) < 4.78 is 67.0. The van der Waals surface area contributed by atoms with E-state index in [1.54, 1.807) is 12.1 Å². The molecule has 1 saturated carbocycles. The number of pyridine rings is 3. The van der Waals surface area contributed by atoms with Crippen LogP contribution in [-0.2, 0) is 25.5 Å². The minimum atomic E-state index is -2.35. The van der Waals surface area contributed by atoms with Crippen LogP contribution in [0, 0.1) is 42.1 Å². The van der Waals surface area contributed by atoms with Gasteiger partial charge in [-0.05, 0) is 132 Å². The maximum absolute atomic E-state index is 13.7. The molecule has 0 spiro atoms. The van der Waals surface area contributed by atoms with Crippen LogP contribution in [0.15, 0.2) is 163 Å². The van der Waals surface area contributed by atoms with Crippen molar-refractivity contribution in [3.05, 3.63) is 205 Å². The van der Waals surface area contributed by atoms with Gasteiger partial charge in [0.05, 0.1) is 13.7 Å². The van der Waals surface area contributed by atoms with Gasteiger partial charge in [-0.3, -0.25) is 8.78 Å². The molecule has 0 unspecified atom stereocenters. The molecule has 1 aliphatic carbocycles. The van der Waals surface area contributed by atoms with Crippen molar-refractivity contribution in [2.75, 3.05) is 0 Å². The van der Waals surface area contributed by atoms with Crippen LogP contribution in [0.3, 0.4) is 0 Å². The van der Waals surface area contributed by atoms with Crippen LogP contribution in [0.25, 0.3) is 98.4 Å². The van der Waals surface area contributed by atoms with Gasteiger partial charge in [-0.15, -0.1) is 71.6 Å². The fourth-order valence-corrected chi connectivity index (χ4v) is 11.5. The number of hydrogen-bond acceptors (Lipinski definition) is 4. The standard InChI is InChI=1S/C34H30NO.C20H17FNSi.C15H15FN.Ir/c1-21-20-35-31(18-28(21)23-13-15-34(2,3)16-14-23)27-10-6-9-26-30-17-24-12-11-22-7-4-5-8-25(22)29(24)19-32(30)36-33(26)27;1-23(2,3)14-11-19-16-7-5-4-6-15(16)18-10-13(21)8-9-17(18)20(19)22-12-14;1-15(2,3)12-6-9-14(17-10-12)11-4-7-13(16)8-5-11;/h4-9,11-12,17-20,23H,13-16H2,1-3H3;4-8,10-12H,1-3H3;4,6-10H,1-3H3;/q3*-1;+3/i1D3,23D;;;. The summed E-state index contributed by atoms with van der Waals surface area (Å²) in [6.07, 6.45) is 8.29. The molecule has 0 bridgehead atoms. The number of aryl methyl sites for hydroxylation is 1. The van der Waals surface area contributed by atoms with Crippen LogP contribution in [0.2, 0.25) is 19.6 Å². The van der Waals surface area contributed by atoms with Gasteiger partial charge >= 0.3 is 20.1 Å². The van der Waals surface area contributed by atoms with Gasteiger partial charge in [0.2, 0.25) is 0 Å². The largest absolute Gasteiger partial charge is 3.00 e. The van der Waals surface area contributed by atoms with Gasteiger partial charge in [-0.25, -0.2) is 0 Å². The molecule has 1 fully saturated rings. The van der Waals surface area contributed by atoms with Crippen molar-refractivity contribution in [1.82, 2.24) is 15.0 Å². The first kappa shape index (κ1) is 48.4. The Morgan fingerprint density at radius 2 is 1.36 bits per heavy atom. The molecule has 12 aromatic rings.